The fourth-order valence-corrected chi connectivity index (χ4v) is 2.61. The van der Waals surface area contributed by atoms with Crippen molar-refractivity contribution in [2.45, 2.75) is 39.2 Å². The molecule has 118 valence electrons. The highest BCUT2D eigenvalue weighted by atomic mass is 16.5. The molecule has 0 spiro atoms. The molecule has 1 heterocycles. The van der Waals surface area contributed by atoms with Gasteiger partial charge in [-0.2, -0.15) is 0 Å². The van der Waals surface area contributed by atoms with E-state index in [4.69, 9.17) is 4.74 Å². The first-order valence-corrected chi connectivity index (χ1v) is 7.83. The molecule has 20 heavy (non-hydrogen) atoms. The third-order valence-corrected chi connectivity index (χ3v) is 3.62. The first-order valence-electron chi connectivity index (χ1n) is 7.83. The van der Waals surface area contributed by atoms with Crippen molar-refractivity contribution in [2.24, 2.45) is 5.92 Å². The van der Waals surface area contributed by atoms with Gasteiger partial charge < -0.3 is 20.3 Å². The van der Waals surface area contributed by atoms with Crippen LogP contribution < -0.4 is 10.6 Å². The first kappa shape index (κ1) is 17.4. The van der Waals surface area contributed by atoms with Gasteiger partial charge in [-0.25, -0.2) is 0 Å². The smallest absolute Gasteiger partial charge is 0.221 e. The minimum absolute atomic E-state index is 0.104. The van der Waals surface area contributed by atoms with Crippen LogP contribution in [0.3, 0.4) is 0 Å². The van der Waals surface area contributed by atoms with Gasteiger partial charge in [-0.1, -0.05) is 13.8 Å². The number of amides is 1. The Morgan fingerprint density at radius 2 is 2.00 bits per heavy atom. The number of rotatable bonds is 9. The highest BCUT2D eigenvalue weighted by Crippen LogP contribution is 2.11. The van der Waals surface area contributed by atoms with Crippen molar-refractivity contribution in [1.29, 1.82) is 0 Å². The Morgan fingerprint density at radius 1 is 1.30 bits per heavy atom. The quantitative estimate of drug-likeness (QED) is 0.617. The molecule has 0 aromatic rings. The lowest BCUT2D eigenvalue weighted by molar-refractivity contribution is -0.121. The summed E-state index contributed by atoms with van der Waals surface area (Å²) >= 11 is 0. The number of hydrogen-bond donors (Lipinski definition) is 2. The number of carbonyl (C=O) groups is 1. The predicted molar refractivity (Wildman–Crippen MR) is 81.8 cm³/mol. The van der Waals surface area contributed by atoms with E-state index in [1.807, 2.05) is 0 Å². The van der Waals surface area contributed by atoms with E-state index in [9.17, 15) is 4.79 Å². The van der Waals surface area contributed by atoms with Crippen LogP contribution in [0.25, 0.3) is 0 Å². The average Bonchev–Trinajstić information content (AvgIpc) is 2.40. The maximum atomic E-state index is 11.5. The highest BCUT2D eigenvalue weighted by Gasteiger charge is 2.19. The van der Waals surface area contributed by atoms with E-state index in [1.54, 1.807) is 7.11 Å². The van der Waals surface area contributed by atoms with Crippen molar-refractivity contribution in [3.05, 3.63) is 0 Å². The van der Waals surface area contributed by atoms with Gasteiger partial charge in [0.25, 0.3) is 0 Å². The predicted octanol–water partition coefficient (Wildman–Crippen LogP) is 0.849. The second-order valence-corrected chi connectivity index (χ2v) is 6.02. The third kappa shape index (κ3) is 7.82. The van der Waals surface area contributed by atoms with E-state index in [0.717, 1.165) is 12.5 Å². The lowest BCUT2D eigenvalue weighted by atomic mass is 10.0. The van der Waals surface area contributed by atoms with Crippen LogP contribution in [-0.2, 0) is 9.53 Å². The molecule has 0 aromatic carbocycles. The van der Waals surface area contributed by atoms with Crippen molar-refractivity contribution in [2.75, 3.05) is 46.4 Å². The molecule has 0 atom stereocenters. The molecule has 0 radical (unpaired) electrons. The summed E-state index contributed by atoms with van der Waals surface area (Å²) in [4.78, 5) is 14.1. The zero-order valence-electron chi connectivity index (χ0n) is 13.3. The molecule has 1 aliphatic heterocycles. The van der Waals surface area contributed by atoms with Gasteiger partial charge in [0.2, 0.25) is 5.91 Å². The summed E-state index contributed by atoms with van der Waals surface area (Å²) in [6.07, 6.45) is 2.94. The topological polar surface area (TPSA) is 53.6 Å². The molecule has 0 saturated carbocycles. The van der Waals surface area contributed by atoms with E-state index < -0.39 is 0 Å². The van der Waals surface area contributed by atoms with Crippen molar-refractivity contribution in [3.63, 3.8) is 0 Å². The van der Waals surface area contributed by atoms with E-state index in [1.165, 1.54) is 32.5 Å². The molecule has 0 aliphatic carbocycles. The molecular weight excluding hydrogens is 254 g/mol. The number of piperidine rings is 1. The van der Waals surface area contributed by atoms with Crippen LogP contribution in [0.15, 0.2) is 0 Å². The molecule has 1 fully saturated rings. The largest absolute Gasteiger partial charge is 0.383 e. The Hall–Kier alpha value is -0.650. The molecule has 1 rings (SSSR count). The Kier molecular flexibility index (Phi) is 8.82. The van der Waals surface area contributed by atoms with Crippen molar-refractivity contribution in [3.8, 4) is 0 Å². The molecule has 0 bridgehead atoms. The second-order valence-electron chi connectivity index (χ2n) is 6.02. The van der Waals surface area contributed by atoms with Crippen LogP contribution in [0.4, 0.5) is 0 Å². The standard InChI is InChI=1S/C15H31N3O2/c1-13(2)12-18-9-5-14(6-10-18)16-7-4-15(19)17-8-11-20-3/h13-14,16H,4-12H2,1-3H3,(H,17,19). The van der Waals surface area contributed by atoms with Gasteiger partial charge in [0, 0.05) is 39.2 Å². The molecule has 1 aliphatic rings. The molecular formula is C15H31N3O2. The fourth-order valence-electron chi connectivity index (χ4n) is 2.61. The van der Waals surface area contributed by atoms with Crippen LogP contribution in [0, 0.1) is 5.92 Å². The Bertz CT molecular complexity index is 264. The minimum atomic E-state index is 0.104. The van der Waals surface area contributed by atoms with Crippen LogP contribution in [-0.4, -0.2) is 63.3 Å². The van der Waals surface area contributed by atoms with Crippen molar-refractivity contribution in [1.82, 2.24) is 15.5 Å². The van der Waals surface area contributed by atoms with E-state index in [-0.39, 0.29) is 5.91 Å². The Labute approximate surface area is 123 Å². The zero-order valence-corrected chi connectivity index (χ0v) is 13.3. The summed E-state index contributed by atoms with van der Waals surface area (Å²) in [6.45, 7) is 10.0. The van der Waals surface area contributed by atoms with Gasteiger partial charge >= 0.3 is 0 Å². The maximum absolute atomic E-state index is 11.5. The van der Waals surface area contributed by atoms with Crippen molar-refractivity contribution >= 4 is 5.91 Å². The minimum Gasteiger partial charge on any atom is -0.383 e. The van der Waals surface area contributed by atoms with Crippen LogP contribution in [0.5, 0.6) is 0 Å². The number of ether oxygens (including phenoxy) is 1. The molecule has 5 heteroatoms. The van der Waals surface area contributed by atoms with Gasteiger partial charge in [0.05, 0.1) is 6.61 Å². The Balaban J connectivity index is 2.02. The number of hydrogen-bond acceptors (Lipinski definition) is 4. The van der Waals surface area contributed by atoms with Gasteiger partial charge in [-0.05, 0) is 31.8 Å². The molecule has 0 aromatic heterocycles. The van der Waals surface area contributed by atoms with Gasteiger partial charge in [-0.3, -0.25) is 4.79 Å². The molecule has 0 unspecified atom stereocenters. The second kappa shape index (κ2) is 10.1. The number of nitrogens with one attached hydrogen (secondary N) is 2. The molecule has 1 amide bonds. The van der Waals surface area contributed by atoms with Crippen LogP contribution in [0.1, 0.15) is 33.1 Å². The summed E-state index contributed by atoms with van der Waals surface area (Å²) in [7, 11) is 1.64. The van der Waals surface area contributed by atoms with Crippen LogP contribution in [0.2, 0.25) is 0 Å². The van der Waals surface area contributed by atoms with Crippen molar-refractivity contribution < 1.29 is 9.53 Å². The maximum Gasteiger partial charge on any atom is 0.221 e. The summed E-state index contributed by atoms with van der Waals surface area (Å²) in [5, 5.41) is 6.34. The monoisotopic (exact) mass is 285 g/mol. The molecule has 1 saturated heterocycles. The SMILES string of the molecule is COCCNC(=O)CCNC1CCN(CC(C)C)CC1. The normalized spacial score (nSPS) is 17.6. The zero-order chi connectivity index (χ0) is 14.8. The van der Waals surface area contributed by atoms with E-state index in [2.05, 4.69) is 29.4 Å². The number of likely N-dealkylation sites (tertiary alicyclic amines) is 1. The first-order chi connectivity index (χ1) is 9.61. The third-order valence-electron chi connectivity index (χ3n) is 3.62. The molecule has 5 nitrogen and oxygen atoms in total. The summed E-state index contributed by atoms with van der Waals surface area (Å²) < 4.78 is 4.89. The molecule has 2 N–H and O–H groups in total. The summed E-state index contributed by atoms with van der Waals surface area (Å²) in [5.41, 5.74) is 0. The highest BCUT2D eigenvalue weighted by molar-refractivity contribution is 5.76. The number of carbonyl (C=O) groups excluding carboxylic acids is 1. The van der Waals surface area contributed by atoms with Gasteiger partial charge in [0.15, 0.2) is 0 Å². The van der Waals surface area contributed by atoms with E-state index in [0.29, 0.717) is 25.6 Å². The van der Waals surface area contributed by atoms with E-state index >= 15 is 0 Å². The fraction of sp³-hybridized carbons (Fsp3) is 0.933. The summed E-state index contributed by atoms with van der Waals surface area (Å²) in [6, 6.07) is 0.574. The average molecular weight is 285 g/mol. The lowest BCUT2D eigenvalue weighted by Gasteiger charge is -2.33. The van der Waals surface area contributed by atoms with Gasteiger partial charge in [-0.15, -0.1) is 0 Å². The lowest BCUT2D eigenvalue weighted by Crippen LogP contribution is -2.44. The number of methoxy groups -OCH3 is 1. The van der Waals surface area contributed by atoms with Gasteiger partial charge in [0.1, 0.15) is 0 Å². The number of nitrogens with zero attached hydrogens (tertiary/aromatic N) is 1. The van der Waals surface area contributed by atoms with Crippen LogP contribution >= 0.6 is 0 Å². The Morgan fingerprint density at radius 3 is 2.60 bits per heavy atom. The summed E-state index contributed by atoms with van der Waals surface area (Å²) in [5.74, 6) is 0.849.